The van der Waals surface area contributed by atoms with Gasteiger partial charge in [0.2, 0.25) is 0 Å². The highest BCUT2D eigenvalue weighted by Crippen LogP contribution is 2.17. The van der Waals surface area contributed by atoms with E-state index in [1.807, 2.05) is 23.9 Å². The third kappa shape index (κ3) is 4.09. The number of amides is 2. The van der Waals surface area contributed by atoms with E-state index in [2.05, 4.69) is 23.9 Å². The van der Waals surface area contributed by atoms with E-state index >= 15 is 0 Å². The smallest absolute Gasteiger partial charge is 0.319 e. The molecule has 20 heavy (non-hydrogen) atoms. The van der Waals surface area contributed by atoms with Crippen LogP contribution in [0, 0.1) is 11.8 Å². The summed E-state index contributed by atoms with van der Waals surface area (Å²) in [5.74, 6) is 1.28. The first-order valence-corrected chi connectivity index (χ1v) is 7.79. The van der Waals surface area contributed by atoms with Crippen LogP contribution < -0.4 is 0 Å². The molecule has 0 saturated carbocycles. The Hall–Kier alpha value is -0.810. The lowest BCUT2D eigenvalue weighted by Gasteiger charge is -2.28. The molecule has 2 amide bonds. The molecule has 2 unspecified atom stereocenters. The average Bonchev–Trinajstić information content (AvgIpc) is 2.97. The fraction of sp³-hybridized carbons (Fsp3) is 0.933. The molecule has 2 rings (SSSR count). The minimum absolute atomic E-state index is 0.175. The molecule has 0 N–H and O–H groups in total. The second-order valence-corrected chi connectivity index (χ2v) is 6.88. The number of hydrogen-bond donors (Lipinski definition) is 0. The zero-order valence-electron chi connectivity index (χ0n) is 13.5. The lowest BCUT2D eigenvalue weighted by molar-refractivity contribution is 0.159. The van der Waals surface area contributed by atoms with E-state index < -0.39 is 0 Å². The maximum Gasteiger partial charge on any atom is 0.319 e. The second kappa shape index (κ2) is 6.76. The molecule has 5 nitrogen and oxygen atoms in total. The molecule has 0 aromatic carbocycles. The van der Waals surface area contributed by atoms with Crippen molar-refractivity contribution < 1.29 is 4.79 Å². The Morgan fingerprint density at radius 1 is 0.950 bits per heavy atom. The topological polar surface area (TPSA) is 30.0 Å². The van der Waals surface area contributed by atoms with Crippen LogP contribution >= 0.6 is 0 Å². The van der Waals surface area contributed by atoms with Crippen molar-refractivity contribution in [1.82, 2.24) is 19.6 Å². The van der Waals surface area contributed by atoms with Gasteiger partial charge in [0.15, 0.2) is 0 Å². The average molecular weight is 282 g/mol. The fourth-order valence-corrected chi connectivity index (χ4v) is 3.57. The molecule has 0 aromatic rings. The molecule has 0 aliphatic carbocycles. The van der Waals surface area contributed by atoms with Crippen molar-refractivity contribution in [3.05, 3.63) is 0 Å². The van der Waals surface area contributed by atoms with Gasteiger partial charge in [-0.15, -0.1) is 0 Å². The van der Waals surface area contributed by atoms with Crippen molar-refractivity contribution in [2.45, 2.75) is 12.8 Å². The zero-order valence-corrected chi connectivity index (χ0v) is 13.5. The van der Waals surface area contributed by atoms with Crippen molar-refractivity contribution in [3.8, 4) is 0 Å². The first-order valence-electron chi connectivity index (χ1n) is 7.79. The van der Waals surface area contributed by atoms with Crippen LogP contribution in [-0.2, 0) is 0 Å². The van der Waals surface area contributed by atoms with E-state index in [1.165, 1.54) is 12.8 Å². The first kappa shape index (κ1) is 15.6. The lowest BCUT2D eigenvalue weighted by atomic mass is 10.1. The maximum atomic E-state index is 12.4. The Morgan fingerprint density at radius 3 is 1.65 bits per heavy atom. The standard InChI is InChI=1S/C15H30N4O/c1-16-7-5-13(9-16)11-18(3)15(20)19(4)12-14-6-8-17(2)10-14/h13-14H,5-12H2,1-4H3. The highest BCUT2D eigenvalue weighted by molar-refractivity contribution is 5.73. The molecule has 0 radical (unpaired) electrons. The number of carbonyl (C=O) groups excluding carboxylic acids is 1. The zero-order chi connectivity index (χ0) is 14.7. The molecular formula is C15H30N4O. The van der Waals surface area contributed by atoms with Crippen LogP contribution in [0.1, 0.15) is 12.8 Å². The van der Waals surface area contributed by atoms with Crippen LogP contribution in [0.3, 0.4) is 0 Å². The molecule has 2 atom stereocenters. The summed E-state index contributed by atoms with van der Waals surface area (Å²) in [6, 6.07) is 0.175. The van der Waals surface area contributed by atoms with Gasteiger partial charge < -0.3 is 19.6 Å². The van der Waals surface area contributed by atoms with Gasteiger partial charge in [-0.05, 0) is 51.9 Å². The molecule has 0 aromatic heterocycles. The summed E-state index contributed by atoms with van der Waals surface area (Å²) in [5, 5.41) is 0. The molecule has 0 bridgehead atoms. The van der Waals surface area contributed by atoms with Gasteiger partial charge >= 0.3 is 6.03 Å². The van der Waals surface area contributed by atoms with Gasteiger partial charge in [-0.1, -0.05) is 0 Å². The largest absolute Gasteiger partial charge is 0.327 e. The number of carbonyl (C=O) groups is 1. The van der Waals surface area contributed by atoms with E-state index in [0.717, 1.165) is 39.3 Å². The summed E-state index contributed by atoms with van der Waals surface area (Å²) in [5.41, 5.74) is 0. The Balaban J connectivity index is 1.74. The van der Waals surface area contributed by atoms with Crippen molar-refractivity contribution >= 4 is 6.03 Å². The highest BCUT2D eigenvalue weighted by Gasteiger charge is 2.26. The monoisotopic (exact) mass is 282 g/mol. The summed E-state index contributed by atoms with van der Waals surface area (Å²) < 4.78 is 0. The van der Waals surface area contributed by atoms with E-state index in [4.69, 9.17) is 0 Å². The van der Waals surface area contributed by atoms with Gasteiger partial charge in [-0.2, -0.15) is 0 Å². The third-order valence-corrected chi connectivity index (χ3v) is 4.70. The summed E-state index contributed by atoms with van der Waals surface area (Å²) in [6.07, 6.45) is 2.43. The van der Waals surface area contributed by atoms with Crippen molar-refractivity contribution in [2.75, 3.05) is 67.5 Å². The Labute approximate surface area is 123 Å². The van der Waals surface area contributed by atoms with Gasteiger partial charge in [0.1, 0.15) is 0 Å². The van der Waals surface area contributed by atoms with Crippen LogP contribution in [0.4, 0.5) is 4.79 Å². The number of nitrogens with zero attached hydrogens (tertiary/aromatic N) is 4. The quantitative estimate of drug-likeness (QED) is 0.766. The van der Waals surface area contributed by atoms with Crippen LogP contribution in [0.25, 0.3) is 0 Å². The Kier molecular flexibility index (Phi) is 5.27. The summed E-state index contributed by atoms with van der Waals surface area (Å²) in [7, 11) is 8.20. The van der Waals surface area contributed by atoms with Crippen molar-refractivity contribution in [2.24, 2.45) is 11.8 Å². The fourth-order valence-electron chi connectivity index (χ4n) is 3.57. The second-order valence-electron chi connectivity index (χ2n) is 6.88. The predicted molar refractivity (Wildman–Crippen MR) is 81.9 cm³/mol. The Bertz CT molecular complexity index is 306. The maximum absolute atomic E-state index is 12.4. The SMILES string of the molecule is CN1CCC(CN(C)C(=O)N(C)CC2CCN(C)C2)C1. The number of hydrogen-bond acceptors (Lipinski definition) is 3. The molecule has 2 heterocycles. The van der Waals surface area contributed by atoms with Gasteiger partial charge in [0.05, 0.1) is 0 Å². The summed E-state index contributed by atoms with van der Waals surface area (Å²) in [4.78, 5) is 20.9. The van der Waals surface area contributed by atoms with E-state index in [-0.39, 0.29) is 6.03 Å². The third-order valence-electron chi connectivity index (χ3n) is 4.70. The van der Waals surface area contributed by atoms with E-state index in [0.29, 0.717) is 11.8 Å². The van der Waals surface area contributed by atoms with E-state index in [1.54, 1.807) is 0 Å². The van der Waals surface area contributed by atoms with Crippen LogP contribution in [0.15, 0.2) is 0 Å². The molecule has 2 saturated heterocycles. The summed E-state index contributed by atoms with van der Waals surface area (Å²) in [6.45, 7) is 6.34. The van der Waals surface area contributed by atoms with Crippen molar-refractivity contribution in [3.63, 3.8) is 0 Å². The van der Waals surface area contributed by atoms with Crippen molar-refractivity contribution in [1.29, 1.82) is 0 Å². The molecule has 2 aliphatic heterocycles. The van der Waals surface area contributed by atoms with Gasteiger partial charge in [-0.3, -0.25) is 0 Å². The Morgan fingerprint density at radius 2 is 1.35 bits per heavy atom. The minimum atomic E-state index is 0.175. The van der Waals surface area contributed by atoms with Gasteiger partial charge in [0, 0.05) is 40.3 Å². The summed E-state index contributed by atoms with van der Waals surface area (Å²) >= 11 is 0. The normalized spacial score (nSPS) is 28.0. The molecular weight excluding hydrogens is 252 g/mol. The number of urea groups is 1. The predicted octanol–water partition coefficient (Wildman–Crippen LogP) is 0.873. The molecule has 2 fully saturated rings. The van der Waals surface area contributed by atoms with Gasteiger partial charge in [-0.25, -0.2) is 4.79 Å². The minimum Gasteiger partial charge on any atom is -0.327 e. The molecule has 5 heteroatoms. The first-order chi connectivity index (χ1) is 9.45. The van der Waals surface area contributed by atoms with Crippen LogP contribution in [0.2, 0.25) is 0 Å². The van der Waals surface area contributed by atoms with Gasteiger partial charge in [0.25, 0.3) is 0 Å². The van der Waals surface area contributed by atoms with Crippen LogP contribution in [0.5, 0.6) is 0 Å². The molecule has 0 spiro atoms. The molecule has 2 aliphatic rings. The van der Waals surface area contributed by atoms with Crippen LogP contribution in [-0.4, -0.2) is 93.1 Å². The number of rotatable bonds is 4. The highest BCUT2D eigenvalue weighted by atomic mass is 16.2. The van der Waals surface area contributed by atoms with E-state index in [9.17, 15) is 4.79 Å². The lowest BCUT2D eigenvalue weighted by Crippen LogP contribution is -2.43. The molecule has 116 valence electrons. The number of likely N-dealkylation sites (tertiary alicyclic amines) is 2.